The topological polar surface area (TPSA) is 47.8 Å². The van der Waals surface area contributed by atoms with Crippen molar-refractivity contribution in [1.82, 2.24) is 14.8 Å². The normalized spacial score (nSPS) is 11.1. The van der Waals surface area contributed by atoms with E-state index in [0.29, 0.717) is 23.9 Å². The smallest absolute Gasteiger partial charge is 0.171 e. The van der Waals surface area contributed by atoms with E-state index < -0.39 is 5.82 Å². The molecule has 6 heteroatoms. The van der Waals surface area contributed by atoms with Gasteiger partial charge in [-0.25, -0.2) is 14.1 Å². The summed E-state index contributed by atoms with van der Waals surface area (Å²) >= 11 is 3.11. The number of hydrogen-bond donors (Lipinski definition) is 0. The Bertz CT molecular complexity index is 625. The predicted molar refractivity (Wildman–Crippen MR) is 77.0 cm³/mol. The van der Waals surface area contributed by atoms with Gasteiger partial charge >= 0.3 is 0 Å². The molecular weight excluding hydrogens is 325 g/mol. The van der Waals surface area contributed by atoms with E-state index in [9.17, 15) is 9.18 Å². The summed E-state index contributed by atoms with van der Waals surface area (Å²) in [5.41, 5.74) is 0.323. The number of aromatic nitrogens is 3. The van der Waals surface area contributed by atoms with Gasteiger partial charge in [0.05, 0.1) is 10.9 Å². The van der Waals surface area contributed by atoms with Gasteiger partial charge in [0.15, 0.2) is 5.78 Å². The molecule has 0 unspecified atom stereocenters. The minimum Gasteiger partial charge on any atom is -0.294 e. The molecule has 106 valence electrons. The molecule has 4 nitrogen and oxygen atoms in total. The standard InChI is InChI=1S/C14H15BrFN3O/c1-9(2)7-19-13(17-8-18-19)6-12(20)10-4-3-5-11(16)14(10)15/h3-5,8-9H,6-7H2,1-2H3. The fraction of sp³-hybridized carbons (Fsp3) is 0.357. The van der Waals surface area contributed by atoms with Gasteiger partial charge in [-0.2, -0.15) is 5.10 Å². The highest BCUT2D eigenvalue weighted by molar-refractivity contribution is 9.10. The Morgan fingerprint density at radius 3 is 2.90 bits per heavy atom. The van der Waals surface area contributed by atoms with Gasteiger partial charge in [0.1, 0.15) is 18.0 Å². The first-order valence-corrected chi connectivity index (χ1v) is 7.12. The van der Waals surface area contributed by atoms with Crippen LogP contribution in [-0.2, 0) is 13.0 Å². The maximum absolute atomic E-state index is 13.4. The fourth-order valence-corrected chi connectivity index (χ4v) is 2.37. The average Bonchev–Trinajstić information content (AvgIpc) is 2.79. The molecule has 1 aromatic heterocycles. The van der Waals surface area contributed by atoms with Gasteiger partial charge in [-0.05, 0) is 27.9 Å². The molecule has 0 saturated heterocycles. The predicted octanol–water partition coefficient (Wildman–Crippen LogP) is 3.26. The van der Waals surface area contributed by atoms with Gasteiger partial charge in [-0.15, -0.1) is 0 Å². The Kier molecular flexibility index (Phi) is 4.65. The largest absolute Gasteiger partial charge is 0.294 e. The molecule has 0 aliphatic heterocycles. The third-order valence-corrected chi connectivity index (χ3v) is 3.61. The molecule has 0 radical (unpaired) electrons. The third-order valence-electron chi connectivity index (χ3n) is 2.80. The third kappa shape index (κ3) is 3.30. The van der Waals surface area contributed by atoms with E-state index in [1.54, 1.807) is 10.7 Å². The van der Waals surface area contributed by atoms with E-state index in [1.807, 2.05) is 0 Å². The lowest BCUT2D eigenvalue weighted by molar-refractivity contribution is 0.0987. The first-order valence-electron chi connectivity index (χ1n) is 6.33. The highest BCUT2D eigenvalue weighted by Crippen LogP contribution is 2.21. The minimum absolute atomic E-state index is 0.106. The van der Waals surface area contributed by atoms with Gasteiger partial charge in [0.2, 0.25) is 0 Å². The van der Waals surface area contributed by atoms with Crippen molar-refractivity contribution >= 4 is 21.7 Å². The lowest BCUT2D eigenvalue weighted by Crippen LogP contribution is -2.14. The van der Waals surface area contributed by atoms with Crippen LogP contribution in [0.5, 0.6) is 0 Å². The molecule has 0 aliphatic carbocycles. The Morgan fingerprint density at radius 2 is 2.20 bits per heavy atom. The second-order valence-corrected chi connectivity index (χ2v) is 5.75. The molecule has 1 heterocycles. The lowest BCUT2D eigenvalue weighted by atomic mass is 10.1. The molecular formula is C14H15BrFN3O. The van der Waals surface area contributed by atoms with Crippen molar-refractivity contribution in [2.45, 2.75) is 26.8 Å². The van der Waals surface area contributed by atoms with Crippen LogP contribution in [0.25, 0.3) is 0 Å². The Labute approximate surface area is 125 Å². The molecule has 20 heavy (non-hydrogen) atoms. The Hall–Kier alpha value is -1.56. The molecule has 0 bridgehead atoms. The molecule has 0 amide bonds. The van der Waals surface area contributed by atoms with Gasteiger partial charge in [-0.1, -0.05) is 26.0 Å². The van der Waals surface area contributed by atoms with Crippen LogP contribution in [0, 0.1) is 11.7 Å². The Morgan fingerprint density at radius 1 is 1.45 bits per heavy atom. The highest BCUT2D eigenvalue weighted by atomic mass is 79.9. The van der Waals surface area contributed by atoms with Crippen molar-refractivity contribution in [1.29, 1.82) is 0 Å². The van der Waals surface area contributed by atoms with Crippen LogP contribution in [-0.4, -0.2) is 20.5 Å². The zero-order chi connectivity index (χ0) is 14.7. The quantitative estimate of drug-likeness (QED) is 0.785. The zero-order valence-corrected chi connectivity index (χ0v) is 12.9. The number of halogens is 2. The number of benzene rings is 1. The molecule has 0 atom stereocenters. The van der Waals surface area contributed by atoms with Crippen LogP contribution >= 0.6 is 15.9 Å². The van der Waals surface area contributed by atoms with Crippen LogP contribution in [0.3, 0.4) is 0 Å². The molecule has 1 aromatic carbocycles. The van der Waals surface area contributed by atoms with Crippen molar-refractivity contribution < 1.29 is 9.18 Å². The van der Waals surface area contributed by atoms with E-state index in [4.69, 9.17) is 0 Å². The number of Topliss-reactive ketones (excluding diaryl/α,β-unsaturated/α-hetero) is 1. The maximum Gasteiger partial charge on any atom is 0.171 e. The summed E-state index contributed by atoms with van der Waals surface area (Å²) in [5.74, 6) is 0.375. The number of rotatable bonds is 5. The van der Waals surface area contributed by atoms with Crippen molar-refractivity contribution in [3.63, 3.8) is 0 Å². The van der Waals surface area contributed by atoms with E-state index in [-0.39, 0.29) is 16.7 Å². The summed E-state index contributed by atoms with van der Waals surface area (Å²) in [4.78, 5) is 16.4. The molecule has 2 aromatic rings. The monoisotopic (exact) mass is 339 g/mol. The summed E-state index contributed by atoms with van der Waals surface area (Å²) in [6.45, 7) is 4.83. The van der Waals surface area contributed by atoms with Crippen LogP contribution in [0.2, 0.25) is 0 Å². The Balaban J connectivity index is 2.20. The molecule has 2 rings (SSSR count). The van der Waals surface area contributed by atoms with Crippen LogP contribution in [0.4, 0.5) is 4.39 Å². The maximum atomic E-state index is 13.4. The highest BCUT2D eigenvalue weighted by Gasteiger charge is 2.16. The van der Waals surface area contributed by atoms with E-state index in [0.717, 1.165) is 0 Å². The number of ketones is 1. The number of carbonyl (C=O) groups excluding carboxylic acids is 1. The van der Waals surface area contributed by atoms with Crippen LogP contribution < -0.4 is 0 Å². The first kappa shape index (κ1) is 14.8. The van der Waals surface area contributed by atoms with Crippen LogP contribution in [0.1, 0.15) is 30.0 Å². The van der Waals surface area contributed by atoms with Gasteiger partial charge in [0.25, 0.3) is 0 Å². The summed E-state index contributed by atoms with van der Waals surface area (Å²) in [7, 11) is 0. The molecule has 0 N–H and O–H groups in total. The van der Waals surface area contributed by atoms with Gasteiger partial charge in [-0.3, -0.25) is 4.79 Å². The van der Waals surface area contributed by atoms with Crippen molar-refractivity contribution in [3.8, 4) is 0 Å². The summed E-state index contributed by atoms with van der Waals surface area (Å²) < 4.78 is 15.3. The second kappa shape index (κ2) is 6.26. The summed E-state index contributed by atoms with van der Waals surface area (Å²) in [5, 5.41) is 4.11. The van der Waals surface area contributed by atoms with Crippen molar-refractivity contribution in [2.24, 2.45) is 5.92 Å². The van der Waals surface area contributed by atoms with E-state index in [1.165, 1.54) is 18.5 Å². The number of nitrogens with zero attached hydrogens (tertiary/aromatic N) is 3. The lowest BCUT2D eigenvalue weighted by Gasteiger charge is -2.08. The van der Waals surface area contributed by atoms with Gasteiger partial charge in [0, 0.05) is 12.1 Å². The van der Waals surface area contributed by atoms with Crippen LogP contribution in [0.15, 0.2) is 29.0 Å². The molecule has 0 spiro atoms. The SMILES string of the molecule is CC(C)Cn1ncnc1CC(=O)c1cccc(F)c1Br. The van der Waals surface area contributed by atoms with Crippen molar-refractivity contribution in [3.05, 3.63) is 46.2 Å². The zero-order valence-electron chi connectivity index (χ0n) is 11.3. The van der Waals surface area contributed by atoms with E-state index >= 15 is 0 Å². The molecule has 0 fully saturated rings. The second-order valence-electron chi connectivity index (χ2n) is 4.95. The number of hydrogen-bond acceptors (Lipinski definition) is 3. The first-order chi connectivity index (χ1) is 9.49. The fourth-order valence-electron chi connectivity index (χ4n) is 1.88. The average molecular weight is 340 g/mol. The summed E-state index contributed by atoms with van der Waals surface area (Å²) in [6, 6.07) is 4.42. The minimum atomic E-state index is -0.445. The van der Waals surface area contributed by atoms with E-state index in [2.05, 4.69) is 39.9 Å². The van der Waals surface area contributed by atoms with Crippen molar-refractivity contribution in [2.75, 3.05) is 0 Å². The summed E-state index contributed by atoms with van der Waals surface area (Å²) in [6.07, 6.45) is 1.54. The number of carbonyl (C=O) groups is 1. The molecule has 0 aliphatic rings. The van der Waals surface area contributed by atoms with Gasteiger partial charge < -0.3 is 0 Å². The molecule has 0 saturated carbocycles.